The van der Waals surface area contributed by atoms with Gasteiger partial charge in [0.25, 0.3) is 12.5 Å². The monoisotopic (exact) mass is 230 g/mol. The van der Waals surface area contributed by atoms with E-state index in [0.29, 0.717) is 0 Å². The minimum Gasteiger partial charge on any atom is -0.420 e. The first kappa shape index (κ1) is 12.9. The topological polar surface area (TPSA) is 66.0 Å². The minimum atomic E-state index is -0.348. The van der Waals surface area contributed by atoms with Crippen LogP contribution in [0.15, 0.2) is 18.2 Å². The van der Waals surface area contributed by atoms with Crippen molar-refractivity contribution in [2.45, 2.75) is 33.0 Å². The van der Waals surface area contributed by atoms with Gasteiger partial charge in [-0.15, -0.1) is 0 Å². The Kier molecular flexibility index (Phi) is 4.37. The summed E-state index contributed by atoms with van der Waals surface area (Å²) in [5.41, 5.74) is 2.78. The Hall–Kier alpha value is -2.20. The van der Waals surface area contributed by atoms with E-state index >= 15 is 0 Å². The molecule has 17 heavy (non-hydrogen) atoms. The SMILES string of the molecule is Cc1cccc(C(C)OC#N)c1C(C)OC#N. The summed E-state index contributed by atoms with van der Waals surface area (Å²) in [7, 11) is 0. The van der Waals surface area contributed by atoms with Crippen molar-refractivity contribution in [3.05, 3.63) is 34.9 Å². The van der Waals surface area contributed by atoms with Gasteiger partial charge in [0, 0.05) is 11.1 Å². The van der Waals surface area contributed by atoms with E-state index in [1.54, 1.807) is 26.4 Å². The van der Waals surface area contributed by atoms with Gasteiger partial charge in [-0.3, -0.25) is 0 Å². The van der Waals surface area contributed by atoms with Crippen LogP contribution in [0.2, 0.25) is 0 Å². The largest absolute Gasteiger partial charge is 0.420 e. The molecule has 0 heterocycles. The van der Waals surface area contributed by atoms with Crippen molar-refractivity contribution >= 4 is 0 Å². The van der Waals surface area contributed by atoms with Crippen LogP contribution in [0.1, 0.15) is 42.7 Å². The summed E-state index contributed by atoms with van der Waals surface area (Å²) in [5.74, 6) is 0. The number of rotatable bonds is 4. The molecule has 0 aliphatic rings. The summed E-state index contributed by atoms with van der Waals surface area (Å²) < 4.78 is 9.86. The van der Waals surface area contributed by atoms with Gasteiger partial charge in [-0.25, -0.2) is 0 Å². The molecule has 88 valence electrons. The lowest BCUT2D eigenvalue weighted by Gasteiger charge is -2.19. The van der Waals surface area contributed by atoms with E-state index in [4.69, 9.17) is 20.0 Å². The lowest BCUT2D eigenvalue weighted by molar-refractivity contribution is 0.160. The van der Waals surface area contributed by atoms with Crippen molar-refractivity contribution in [2.75, 3.05) is 0 Å². The minimum absolute atomic E-state index is 0.346. The smallest absolute Gasteiger partial charge is 0.286 e. The van der Waals surface area contributed by atoms with Crippen LogP contribution in [0.5, 0.6) is 0 Å². The summed E-state index contributed by atoms with van der Waals surface area (Å²) in [6.45, 7) is 5.53. The summed E-state index contributed by atoms with van der Waals surface area (Å²) in [4.78, 5) is 0. The van der Waals surface area contributed by atoms with Gasteiger partial charge in [0.05, 0.1) is 0 Å². The predicted molar refractivity (Wildman–Crippen MR) is 61.4 cm³/mol. The normalized spacial score (nSPS) is 13.0. The summed E-state index contributed by atoms with van der Waals surface area (Å²) >= 11 is 0. The Morgan fingerprint density at radius 2 is 1.65 bits per heavy atom. The van der Waals surface area contributed by atoms with Crippen LogP contribution in [-0.2, 0) is 9.47 Å². The summed E-state index contributed by atoms with van der Waals surface area (Å²) in [6.07, 6.45) is 2.67. The number of hydrogen-bond donors (Lipinski definition) is 0. The quantitative estimate of drug-likeness (QED) is 0.745. The second-order valence-corrected chi connectivity index (χ2v) is 3.78. The molecule has 4 heteroatoms. The van der Waals surface area contributed by atoms with Crippen LogP contribution in [0.4, 0.5) is 0 Å². The van der Waals surface area contributed by atoms with Crippen LogP contribution in [0, 0.1) is 30.0 Å². The van der Waals surface area contributed by atoms with E-state index in [9.17, 15) is 0 Å². The van der Waals surface area contributed by atoms with Crippen LogP contribution < -0.4 is 0 Å². The summed E-state index contributed by atoms with van der Waals surface area (Å²) in [6, 6.07) is 5.71. The van der Waals surface area contributed by atoms with E-state index in [1.807, 2.05) is 25.1 Å². The fraction of sp³-hybridized carbons (Fsp3) is 0.385. The van der Waals surface area contributed by atoms with E-state index in [2.05, 4.69) is 0 Å². The molecule has 0 aromatic heterocycles. The molecule has 4 nitrogen and oxygen atoms in total. The lowest BCUT2D eigenvalue weighted by Crippen LogP contribution is -2.07. The van der Waals surface area contributed by atoms with Crippen LogP contribution in [0.3, 0.4) is 0 Å². The molecule has 0 amide bonds. The molecule has 0 aliphatic carbocycles. The molecule has 0 bridgehead atoms. The second kappa shape index (κ2) is 5.77. The third kappa shape index (κ3) is 2.89. The number of hydrogen-bond acceptors (Lipinski definition) is 4. The predicted octanol–water partition coefficient (Wildman–Crippen LogP) is 3.11. The van der Waals surface area contributed by atoms with Gasteiger partial charge in [0.2, 0.25) is 0 Å². The van der Waals surface area contributed by atoms with Crippen molar-refractivity contribution in [3.63, 3.8) is 0 Å². The highest BCUT2D eigenvalue weighted by molar-refractivity contribution is 5.37. The Morgan fingerprint density at radius 1 is 1.06 bits per heavy atom. The molecule has 1 rings (SSSR count). The standard InChI is InChI=1S/C13H14N2O2/c1-9-5-4-6-12(10(2)16-7-14)13(9)11(3)17-8-15/h4-6,10-11H,1-3H3. The summed E-state index contributed by atoms with van der Waals surface area (Å²) in [5, 5.41) is 17.1. The third-order valence-electron chi connectivity index (χ3n) is 2.66. The first-order valence-electron chi connectivity index (χ1n) is 5.30. The Labute approximate surface area is 101 Å². The Morgan fingerprint density at radius 3 is 2.24 bits per heavy atom. The van der Waals surface area contributed by atoms with Gasteiger partial charge in [-0.05, 0) is 26.3 Å². The van der Waals surface area contributed by atoms with Crippen molar-refractivity contribution in [1.29, 1.82) is 10.5 Å². The highest BCUT2D eigenvalue weighted by Gasteiger charge is 2.19. The van der Waals surface area contributed by atoms with E-state index in [-0.39, 0.29) is 12.2 Å². The Bertz CT molecular complexity index is 471. The van der Waals surface area contributed by atoms with Gasteiger partial charge < -0.3 is 9.47 Å². The molecule has 0 saturated heterocycles. The van der Waals surface area contributed by atoms with Crippen LogP contribution in [0.25, 0.3) is 0 Å². The molecular formula is C13H14N2O2. The molecule has 0 aliphatic heterocycles. The molecule has 2 unspecified atom stereocenters. The number of benzene rings is 1. The molecule has 0 saturated carbocycles. The number of nitrogens with zero attached hydrogens (tertiary/aromatic N) is 2. The van der Waals surface area contributed by atoms with E-state index in [1.165, 1.54) is 0 Å². The van der Waals surface area contributed by atoms with Gasteiger partial charge in [-0.2, -0.15) is 10.5 Å². The van der Waals surface area contributed by atoms with Gasteiger partial charge in [0.15, 0.2) is 0 Å². The van der Waals surface area contributed by atoms with Gasteiger partial charge in [-0.1, -0.05) is 18.2 Å². The Balaban J connectivity index is 3.18. The number of nitriles is 2. The zero-order valence-corrected chi connectivity index (χ0v) is 10.1. The van der Waals surface area contributed by atoms with Crippen molar-refractivity contribution in [3.8, 4) is 12.5 Å². The average Bonchev–Trinajstić information content (AvgIpc) is 2.29. The average molecular weight is 230 g/mol. The first-order chi connectivity index (χ1) is 8.11. The third-order valence-corrected chi connectivity index (χ3v) is 2.66. The van der Waals surface area contributed by atoms with Gasteiger partial charge in [0.1, 0.15) is 12.2 Å². The zero-order chi connectivity index (χ0) is 12.8. The van der Waals surface area contributed by atoms with Crippen molar-refractivity contribution in [2.24, 2.45) is 0 Å². The van der Waals surface area contributed by atoms with Crippen LogP contribution in [-0.4, -0.2) is 0 Å². The fourth-order valence-corrected chi connectivity index (χ4v) is 1.89. The van der Waals surface area contributed by atoms with E-state index in [0.717, 1.165) is 16.7 Å². The molecule has 1 aromatic carbocycles. The van der Waals surface area contributed by atoms with Crippen molar-refractivity contribution in [1.82, 2.24) is 0 Å². The molecule has 0 fully saturated rings. The highest BCUT2D eigenvalue weighted by atomic mass is 16.5. The fourth-order valence-electron chi connectivity index (χ4n) is 1.89. The van der Waals surface area contributed by atoms with Gasteiger partial charge >= 0.3 is 0 Å². The molecule has 1 aromatic rings. The lowest BCUT2D eigenvalue weighted by atomic mass is 9.95. The number of ether oxygens (including phenoxy) is 2. The molecular weight excluding hydrogens is 216 g/mol. The molecule has 0 spiro atoms. The highest BCUT2D eigenvalue weighted by Crippen LogP contribution is 2.30. The first-order valence-corrected chi connectivity index (χ1v) is 5.30. The second-order valence-electron chi connectivity index (χ2n) is 3.78. The maximum atomic E-state index is 8.57. The molecule has 2 atom stereocenters. The maximum Gasteiger partial charge on any atom is 0.286 e. The molecule has 0 N–H and O–H groups in total. The maximum absolute atomic E-state index is 8.57. The van der Waals surface area contributed by atoms with Crippen molar-refractivity contribution < 1.29 is 9.47 Å². The zero-order valence-electron chi connectivity index (χ0n) is 10.1. The number of aryl methyl sites for hydroxylation is 1. The van der Waals surface area contributed by atoms with Crippen LogP contribution >= 0.6 is 0 Å². The molecule has 0 radical (unpaired) electrons. The van der Waals surface area contributed by atoms with E-state index < -0.39 is 0 Å².